The first-order valence-electron chi connectivity index (χ1n) is 4.89. The Morgan fingerprint density at radius 3 is 3.00 bits per heavy atom. The van der Waals surface area contributed by atoms with Gasteiger partial charge in [-0.3, -0.25) is 9.78 Å². The molecule has 0 radical (unpaired) electrons. The van der Waals surface area contributed by atoms with Crippen LogP contribution in [0, 0.1) is 18.3 Å². The third kappa shape index (κ3) is 2.28. The van der Waals surface area contributed by atoms with E-state index in [1.54, 1.807) is 19.9 Å². The molecule has 5 nitrogen and oxygen atoms in total. The molecule has 1 aromatic rings. The van der Waals surface area contributed by atoms with Crippen LogP contribution in [0.2, 0.25) is 0 Å². The lowest BCUT2D eigenvalue weighted by Gasteiger charge is -2.11. The molecule has 0 bridgehead atoms. The summed E-state index contributed by atoms with van der Waals surface area (Å²) >= 11 is 0. The molecule has 0 amide bonds. The van der Waals surface area contributed by atoms with Crippen LogP contribution in [0.25, 0.3) is 0 Å². The maximum atomic E-state index is 11.5. The molecule has 1 heterocycles. The summed E-state index contributed by atoms with van der Waals surface area (Å²) in [5, 5.41) is 8.95. The number of esters is 1. The van der Waals surface area contributed by atoms with Crippen molar-refractivity contribution in [3.8, 4) is 6.07 Å². The number of aromatic nitrogens is 1. The second-order valence-corrected chi connectivity index (χ2v) is 3.24. The molecule has 2 N–H and O–H groups in total. The number of hydrogen-bond acceptors (Lipinski definition) is 5. The Kier molecular flexibility index (Phi) is 3.84. The number of hydrogen-bond donors (Lipinski definition) is 1. The van der Waals surface area contributed by atoms with Gasteiger partial charge >= 0.3 is 5.97 Å². The van der Waals surface area contributed by atoms with Crippen molar-refractivity contribution in [2.45, 2.75) is 19.8 Å². The molecule has 0 aliphatic heterocycles. The highest BCUT2D eigenvalue weighted by molar-refractivity contribution is 5.82. The molecule has 16 heavy (non-hydrogen) atoms. The molecule has 0 saturated carbocycles. The van der Waals surface area contributed by atoms with E-state index in [0.717, 1.165) is 5.56 Å². The highest BCUT2D eigenvalue weighted by Crippen LogP contribution is 2.23. The summed E-state index contributed by atoms with van der Waals surface area (Å²) < 4.78 is 4.79. The summed E-state index contributed by atoms with van der Waals surface area (Å²) in [6.07, 6.45) is 1.52. The second-order valence-electron chi connectivity index (χ2n) is 3.24. The van der Waals surface area contributed by atoms with E-state index < -0.39 is 11.9 Å². The Morgan fingerprint density at radius 1 is 1.75 bits per heavy atom. The van der Waals surface area contributed by atoms with E-state index in [2.05, 4.69) is 4.98 Å². The number of carbonyl (C=O) groups excluding carboxylic acids is 1. The fraction of sp³-hybridized carbons (Fsp3) is 0.364. The fourth-order valence-electron chi connectivity index (χ4n) is 1.27. The number of nitrogens with two attached hydrogens (primary N) is 1. The Bertz CT molecular complexity index is 437. The third-order valence-corrected chi connectivity index (χ3v) is 2.16. The van der Waals surface area contributed by atoms with Crippen molar-refractivity contribution in [1.29, 1.82) is 5.26 Å². The van der Waals surface area contributed by atoms with Crippen LogP contribution in [-0.2, 0) is 9.53 Å². The highest BCUT2D eigenvalue weighted by atomic mass is 16.5. The smallest absolute Gasteiger partial charge is 0.329 e. The van der Waals surface area contributed by atoms with Gasteiger partial charge in [-0.05, 0) is 25.5 Å². The van der Waals surface area contributed by atoms with Gasteiger partial charge in [0.05, 0.1) is 24.1 Å². The van der Waals surface area contributed by atoms with Crippen molar-refractivity contribution in [2.24, 2.45) is 0 Å². The first kappa shape index (κ1) is 12.0. The number of carbonyl (C=O) groups is 1. The topological polar surface area (TPSA) is 89.0 Å². The zero-order valence-corrected chi connectivity index (χ0v) is 9.23. The molecule has 84 valence electrons. The minimum absolute atomic E-state index is 0.225. The average molecular weight is 219 g/mol. The predicted molar refractivity (Wildman–Crippen MR) is 58.4 cm³/mol. The summed E-state index contributed by atoms with van der Waals surface area (Å²) in [4.78, 5) is 15.5. The average Bonchev–Trinajstić information content (AvgIpc) is 2.25. The Morgan fingerprint density at radius 2 is 2.44 bits per heavy atom. The minimum atomic E-state index is -1.06. The van der Waals surface area contributed by atoms with E-state index in [-0.39, 0.29) is 12.3 Å². The summed E-state index contributed by atoms with van der Waals surface area (Å²) in [7, 11) is 0. The van der Waals surface area contributed by atoms with Gasteiger partial charge in [0.15, 0.2) is 5.92 Å². The number of anilines is 1. The van der Waals surface area contributed by atoms with Crippen LogP contribution < -0.4 is 5.73 Å². The van der Waals surface area contributed by atoms with Crippen molar-refractivity contribution in [1.82, 2.24) is 4.98 Å². The Balaban J connectivity index is 3.10. The van der Waals surface area contributed by atoms with Crippen LogP contribution in [0.5, 0.6) is 0 Å². The molecule has 0 aromatic carbocycles. The number of ether oxygens (including phenoxy) is 1. The van der Waals surface area contributed by atoms with Crippen LogP contribution in [0.1, 0.15) is 24.1 Å². The lowest BCUT2D eigenvalue weighted by Crippen LogP contribution is -2.17. The molecule has 0 fully saturated rings. The molecular formula is C11H13N3O2. The summed E-state index contributed by atoms with van der Waals surface area (Å²) in [5.41, 5.74) is 7.19. The fourth-order valence-corrected chi connectivity index (χ4v) is 1.27. The van der Waals surface area contributed by atoms with E-state index in [1.165, 1.54) is 6.20 Å². The maximum Gasteiger partial charge on any atom is 0.329 e. The summed E-state index contributed by atoms with van der Waals surface area (Å²) in [5.74, 6) is -1.67. The monoisotopic (exact) mass is 219 g/mol. The molecular weight excluding hydrogens is 206 g/mol. The van der Waals surface area contributed by atoms with Crippen LogP contribution >= 0.6 is 0 Å². The van der Waals surface area contributed by atoms with E-state index in [1.807, 2.05) is 6.07 Å². The summed E-state index contributed by atoms with van der Waals surface area (Å²) in [6.45, 7) is 3.70. The number of rotatable bonds is 3. The predicted octanol–water partition coefficient (Wildman–Crippen LogP) is 1.14. The molecule has 0 unspecified atom stereocenters. The van der Waals surface area contributed by atoms with Crippen LogP contribution in [0.4, 0.5) is 5.69 Å². The van der Waals surface area contributed by atoms with Gasteiger partial charge in [-0.25, -0.2) is 0 Å². The zero-order chi connectivity index (χ0) is 12.1. The van der Waals surface area contributed by atoms with Crippen LogP contribution in [0.3, 0.4) is 0 Å². The van der Waals surface area contributed by atoms with Gasteiger partial charge < -0.3 is 10.5 Å². The first-order valence-corrected chi connectivity index (χ1v) is 4.89. The molecule has 0 spiro atoms. The van der Waals surface area contributed by atoms with Crippen molar-refractivity contribution in [2.75, 3.05) is 12.3 Å². The second kappa shape index (κ2) is 5.12. The van der Waals surface area contributed by atoms with Crippen LogP contribution in [-0.4, -0.2) is 17.6 Å². The number of aryl methyl sites for hydroxylation is 1. The maximum absolute atomic E-state index is 11.5. The Labute approximate surface area is 93.8 Å². The van der Waals surface area contributed by atoms with E-state index in [0.29, 0.717) is 5.69 Å². The largest absolute Gasteiger partial charge is 0.465 e. The number of nitrogens with zero attached hydrogens (tertiary/aromatic N) is 2. The molecule has 0 aliphatic rings. The van der Waals surface area contributed by atoms with E-state index in [4.69, 9.17) is 15.7 Å². The van der Waals surface area contributed by atoms with E-state index >= 15 is 0 Å². The van der Waals surface area contributed by atoms with Gasteiger partial charge in [-0.1, -0.05) is 0 Å². The van der Waals surface area contributed by atoms with E-state index in [9.17, 15) is 4.79 Å². The molecule has 1 atom stereocenters. The standard InChI is InChI=1S/C11H13N3O2/c1-3-16-11(15)8(6-12)10-9(13)7(2)4-5-14-10/h4-5,8H,3,13H2,1-2H3/t8-/m1/s1. The minimum Gasteiger partial charge on any atom is -0.465 e. The van der Waals surface area contributed by atoms with Gasteiger partial charge in [0.1, 0.15) is 0 Å². The molecule has 0 saturated heterocycles. The SMILES string of the molecule is CCOC(=O)[C@H](C#N)c1nccc(C)c1N. The van der Waals surface area contributed by atoms with Gasteiger partial charge in [-0.2, -0.15) is 5.26 Å². The Hall–Kier alpha value is -2.09. The van der Waals surface area contributed by atoms with Gasteiger partial charge in [0.2, 0.25) is 0 Å². The number of nitriles is 1. The zero-order valence-electron chi connectivity index (χ0n) is 9.23. The van der Waals surface area contributed by atoms with Crippen molar-refractivity contribution < 1.29 is 9.53 Å². The number of nitrogen functional groups attached to an aromatic ring is 1. The third-order valence-electron chi connectivity index (χ3n) is 2.16. The first-order chi connectivity index (χ1) is 7.61. The van der Waals surface area contributed by atoms with Crippen molar-refractivity contribution >= 4 is 11.7 Å². The number of pyridine rings is 1. The van der Waals surface area contributed by atoms with Gasteiger partial charge in [0.25, 0.3) is 0 Å². The quantitative estimate of drug-likeness (QED) is 0.770. The normalized spacial score (nSPS) is 11.6. The molecule has 1 rings (SSSR count). The van der Waals surface area contributed by atoms with Crippen molar-refractivity contribution in [3.05, 3.63) is 23.5 Å². The molecule has 1 aromatic heterocycles. The van der Waals surface area contributed by atoms with Crippen LogP contribution in [0.15, 0.2) is 12.3 Å². The van der Waals surface area contributed by atoms with Gasteiger partial charge in [-0.15, -0.1) is 0 Å². The molecule has 5 heteroatoms. The molecule has 0 aliphatic carbocycles. The van der Waals surface area contributed by atoms with Gasteiger partial charge in [0, 0.05) is 6.20 Å². The lowest BCUT2D eigenvalue weighted by atomic mass is 10.0. The van der Waals surface area contributed by atoms with Crippen molar-refractivity contribution in [3.63, 3.8) is 0 Å². The summed E-state index contributed by atoms with van der Waals surface area (Å²) in [6, 6.07) is 3.57. The lowest BCUT2D eigenvalue weighted by molar-refractivity contribution is -0.143. The highest BCUT2D eigenvalue weighted by Gasteiger charge is 2.25.